The molecule has 3 heterocycles. The number of nitrogens with zero attached hydrogens (tertiary/aromatic N) is 2. The smallest absolute Gasteiger partial charge is 0.182 e. The molecule has 0 aromatic heterocycles. The zero-order valence-corrected chi connectivity index (χ0v) is 17.1. The van der Waals surface area contributed by atoms with Crippen LogP contribution in [0.4, 0.5) is 0 Å². The lowest BCUT2D eigenvalue weighted by molar-refractivity contribution is -0.157. The van der Waals surface area contributed by atoms with Crippen molar-refractivity contribution in [2.24, 2.45) is 0 Å². The van der Waals surface area contributed by atoms with Crippen LogP contribution in [0.3, 0.4) is 0 Å². The van der Waals surface area contributed by atoms with E-state index in [9.17, 15) is 0 Å². The molecule has 1 N–H and O–H groups in total. The third-order valence-corrected chi connectivity index (χ3v) is 6.29. The Kier molecular flexibility index (Phi) is 4.41. The molecule has 0 saturated carbocycles. The number of rotatable bonds is 3. The Hall–Kier alpha value is -2.70. The molecule has 1 fully saturated rings. The van der Waals surface area contributed by atoms with Gasteiger partial charge in [-0.1, -0.05) is 18.2 Å². The van der Waals surface area contributed by atoms with Crippen LogP contribution in [0.5, 0.6) is 17.2 Å². The van der Waals surface area contributed by atoms with Crippen molar-refractivity contribution in [1.82, 2.24) is 15.3 Å². The lowest BCUT2D eigenvalue weighted by Crippen LogP contribution is -2.63. The maximum Gasteiger partial charge on any atom is 0.182 e. The molecule has 2 aromatic carbocycles. The fourth-order valence-corrected chi connectivity index (χ4v) is 4.61. The highest BCUT2D eigenvalue weighted by Crippen LogP contribution is 2.49. The molecule has 6 heteroatoms. The molecule has 1 spiro atoms. The summed E-state index contributed by atoms with van der Waals surface area (Å²) in [5.74, 6) is 2.55. The molecule has 3 aliphatic rings. The fraction of sp³-hybridized carbons (Fsp3) is 0.391. The van der Waals surface area contributed by atoms with Gasteiger partial charge < -0.3 is 24.5 Å². The summed E-state index contributed by atoms with van der Waals surface area (Å²) in [6, 6.07) is 14.4. The average Bonchev–Trinajstić information content (AvgIpc) is 3.22. The summed E-state index contributed by atoms with van der Waals surface area (Å²) in [5.41, 5.74) is 6.55. The summed E-state index contributed by atoms with van der Waals surface area (Å²) >= 11 is 0. The Morgan fingerprint density at radius 3 is 2.62 bits per heavy atom. The Labute approximate surface area is 171 Å². The van der Waals surface area contributed by atoms with E-state index in [2.05, 4.69) is 52.7 Å². The zero-order valence-electron chi connectivity index (χ0n) is 17.1. The van der Waals surface area contributed by atoms with Gasteiger partial charge in [0.25, 0.3) is 0 Å². The summed E-state index contributed by atoms with van der Waals surface area (Å²) in [5, 5.41) is 2.31. The van der Waals surface area contributed by atoms with Crippen LogP contribution in [0.1, 0.15) is 30.0 Å². The molecule has 3 aliphatic heterocycles. The number of hydrogen-bond donors (Lipinski definition) is 1. The Morgan fingerprint density at radius 1 is 1.07 bits per heavy atom. The van der Waals surface area contributed by atoms with Crippen LogP contribution in [0.15, 0.2) is 48.5 Å². The van der Waals surface area contributed by atoms with Crippen molar-refractivity contribution >= 4 is 5.70 Å². The minimum atomic E-state index is -0.358. The van der Waals surface area contributed by atoms with Gasteiger partial charge in [-0.05, 0) is 31.3 Å². The van der Waals surface area contributed by atoms with E-state index in [4.69, 9.17) is 14.2 Å². The molecule has 0 radical (unpaired) electrons. The topological polar surface area (TPSA) is 46.2 Å². The molecule has 0 amide bonds. The number of para-hydroxylation sites is 1. The third-order valence-electron chi connectivity index (χ3n) is 6.29. The van der Waals surface area contributed by atoms with Gasteiger partial charge in [-0.15, -0.1) is 0 Å². The predicted molar refractivity (Wildman–Crippen MR) is 112 cm³/mol. The van der Waals surface area contributed by atoms with Crippen LogP contribution in [-0.2, 0) is 0 Å². The summed E-state index contributed by atoms with van der Waals surface area (Å²) in [6.45, 7) is 2.02. The first kappa shape index (κ1) is 18.3. The number of hydrazine groups is 1. The van der Waals surface area contributed by atoms with E-state index in [1.165, 1.54) is 5.56 Å². The summed E-state index contributed by atoms with van der Waals surface area (Å²) in [4.78, 5) is 2.36. The molecule has 1 atom stereocenters. The van der Waals surface area contributed by atoms with Gasteiger partial charge in [-0.2, -0.15) is 5.01 Å². The highest BCUT2D eigenvalue weighted by molar-refractivity contribution is 5.72. The van der Waals surface area contributed by atoms with Gasteiger partial charge in [-0.25, -0.2) is 0 Å². The maximum absolute atomic E-state index is 6.65. The van der Waals surface area contributed by atoms with Crippen LogP contribution >= 0.6 is 0 Å². The van der Waals surface area contributed by atoms with Crippen molar-refractivity contribution in [3.8, 4) is 17.2 Å². The quantitative estimate of drug-likeness (QED) is 0.862. The van der Waals surface area contributed by atoms with Crippen molar-refractivity contribution in [2.75, 3.05) is 34.4 Å². The molecule has 6 nitrogen and oxygen atoms in total. The highest BCUT2D eigenvalue weighted by Gasteiger charge is 2.51. The van der Waals surface area contributed by atoms with Crippen molar-refractivity contribution in [2.45, 2.75) is 24.6 Å². The summed E-state index contributed by atoms with van der Waals surface area (Å²) < 4.78 is 17.7. The SMILES string of the molecule is COc1ccc(C2=C[C@H]3c4ccccc4OC4(CCN(C)CC4)N3N2)c(OC)c1. The average molecular weight is 393 g/mol. The van der Waals surface area contributed by atoms with E-state index in [0.29, 0.717) is 0 Å². The van der Waals surface area contributed by atoms with Crippen LogP contribution in [0.25, 0.3) is 5.70 Å². The summed E-state index contributed by atoms with van der Waals surface area (Å²) in [7, 11) is 5.53. The van der Waals surface area contributed by atoms with E-state index in [0.717, 1.165) is 54.4 Å². The second kappa shape index (κ2) is 6.97. The second-order valence-corrected chi connectivity index (χ2v) is 7.96. The van der Waals surface area contributed by atoms with Crippen molar-refractivity contribution < 1.29 is 14.2 Å². The van der Waals surface area contributed by atoms with Crippen molar-refractivity contribution in [3.05, 3.63) is 59.7 Å². The molecule has 5 rings (SSSR count). The maximum atomic E-state index is 6.65. The number of fused-ring (bicyclic) bond motifs is 4. The number of ether oxygens (including phenoxy) is 3. The lowest BCUT2D eigenvalue weighted by Gasteiger charge is -2.51. The monoisotopic (exact) mass is 393 g/mol. The number of methoxy groups -OCH3 is 2. The van der Waals surface area contributed by atoms with Crippen LogP contribution < -0.4 is 19.6 Å². The van der Waals surface area contributed by atoms with E-state index in [-0.39, 0.29) is 11.8 Å². The Balaban J connectivity index is 1.57. The minimum absolute atomic E-state index is 0.116. The molecule has 29 heavy (non-hydrogen) atoms. The number of nitrogens with one attached hydrogen (secondary N) is 1. The van der Waals surface area contributed by atoms with Gasteiger partial charge in [-0.3, -0.25) is 0 Å². The van der Waals surface area contributed by atoms with Crippen LogP contribution in [0.2, 0.25) is 0 Å². The molecule has 0 bridgehead atoms. The zero-order chi connectivity index (χ0) is 20.0. The van der Waals surface area contributed by atoms with Gasteiger partial charge in [0.2, 0.25) is 0 Å². The normalized spacial score (nSPS) is 22.9. The van der Waals surface area contributed by atoms with Gasteiger partial charge in [0.15, 0.2) is 5.72 Å². The molecule has 0 unspecified atom stereocenters. The summed E-state index contributed by atoms with van der Waals surface area (Å²) in [6.07, 6.45) is 4.18. The van der Waals surface area contributed by atoms with Crippen LogP contribution in [-0.4, -0.2) is 50.0 Å². The van der Waals surface area contributed by atoms with E-state index < -0.39 is 0 Å². The second-order valence-electron chi connectivity index (χ2n) is 7.96. The third kappa shape index (κ3) is 2.94. The highest BCUT2D eigenvalue weighted by atomic mass is 16.5. The Morgan fingerprint density at radius 2 is 1.86 bits per heavy atom. The number of piperidine rings is 1. The first-order valence-electron chi connectivity index (χ1n) is 10.1. The fourth-order valence-electron chi connectivity index (χ4n) is 4.61. The molecule has 1 saturated heterocycles. The van der Waals surface area contributed by atoms with Crippen LogP contribution in [0, 0.1) is 0 Å². The molecule has 0 aliphatic carbocycles. The largest absolute Gasteiger partial charge is 0.497 e. The standard InChI is InChI=1S/C23H27N3O3/c1-25-12-10-23(11-13-25)26-20(18-6-4-5-7-21(18)29-23)15-19(24-26)17-9-8-16(27-2)14-22(17)28-3/h4-9,14-15,20,24H,10-13H2,1-3H3/t20-/m0/s1. The van der Waals surface area contributed by atoms with E-state index in [1.807, 2.05) is 18.2 Å². The number of hydrogen-bond acceptors (Lipinski definition) is 6. The van der Waals surface area contributed by atoms with Crippen molar-refractivity contribution in [3.63, 3.8) is 0 Å². The number of likely N-dealkylation sites (tertiary alicyclic amines) is 1. The van der Waals surface area contributed by atoms with Gasteiger partial charge >= 0.3 is 0 Å². The van der Waals surface area contributed by atoms with Gasteiger partial charge in [0.1, 0.15) is 17.2 Å². The van der Waals surface area contributed by atoms with E-state index >= 15 is 0 Å². The first-order chi connectivity index (χ1) is 14.1. The molecular weight excluding hydrogens is 366 g/mol. The van der Waals surface area contributed by atoms with Gasteiger partial charge in [0, 0.05) is 43.1 Å². The molecule has 2 aromatic rings. The predicted octanol–water partition coefficient (Wildman–Crippen LogP) is 3.42. The van der Waals surface area contributed by atoms with Gasteiger partial charge in [0.05, 0.1) is 26.0 Å². The van der Waals surface area contributed by atoms with Crippen molar-refractivity contribution in [1.29, 1.82) is 0 Å². The minimum Gasteiger partial charge on any atom is -0.497 e. The lowest BCUT2D eigenvalue weighted by atomic mass is 9.93. The Bertz CT molecular complexity index is 950. The molecular formula is C23H27N3O3. The van der Waals surface area contributed by atoms with E-state index in [1.54, 1.807) is 14.2 Å². The molecule has 152 valence electrons. The number of benzene rings is 2. The first-order valence-corrected chi connectivity index (χ1v) is 10.1.